The molecule has 0 unspecified atom stereocenters. The second-order valence-corrected chi connectivity index (χ2v) is 6.73. The lowest BCUT2D eigenvalue weighted by Crippen LogP contribution is -2.57. The summed E-state index contributed by atoms with van der Waals surface area (Å²) in [6.45, 7) is 0. The van der Waals surface area contributed by atoms with E-state index in [4.69, 9.17) is 0 Å². The number of imide groups is 2. The molecule has 0 radical (unpaired) electrons. The van der Waals surface area contributed by atoms with Gasteiger partial charge in [0.15, 0.2) is 0 Å². The highest BCUT2D eigenvalue weighted by atomic mass is 127. The Kier molecular flexibility index (Phi) is 4.28. The fourth-order valence-corrected chi connectivity index (χ4v) is 3.25. The molecule has 114 valence electrons. The van der Waals surface area contributed by atoms with Crippen LogP contribution in [0.5, 0.6) is 0 Å². The van der Waals surface area contributed by atoms with Crippen LogP contribution in [0.25, 0.3) is 6.08 Å². The zero-order valence-electron chi connectivity index (χ0n) is 11.8. The first-order valence-electron chi connectivity index (χ1n) is 7.22. The minimum atomic E-state index is -0.622. The summed E-state index contributed by atoms with van der Waals surface area (Å²) >= 11 is 2.19. The first-order valence-corrected chi connectivity index (χ1v) is 8.30. The molecule has 3 rings (SSSR count). The minimum absolute atomic E-state index is 0.0210. The van der Waals surface area contributed by atoms with Crippen molar-refractivity contribution < 1.29 is 14.4 Å². The third kappa shape index (κ3) is 2.92. The molecule has 2 fully saturated rings. The summed E-state index contributed by atoms with van der Waals surface area (Å²) in [6, 6.07) is 6.79. The third-order valence-electron chi connectivity index (χ3n) is 4.00. The van der Waals surface area contributed by atoms with Gasteiger partial charge in [0, 0.05) is 9.61 Å². The molecule has 0 bridgehead atoms. The fourth-order valence-electron chi connectivity index (χ4n) is 2.89. The van der Waals surface area contributed by atoms with E-state index in [0.29, 0.717) is 0 Å². The van der Waals surface area contributed by atoms with Crippen molar-refractivity contribution in [2.75, 3.05) is 0 Å². The summed E-state index contributed by atoms with van der Waals surface area (Å²) in [5.74, 6) is -1.11. The monoisotopic (exact) mass is 410 g/mol. The van der Waals surface area contributed by atoms with Crippen LogP contribution in [0.4, 0.5) is 4.79 Å². The Hall–Kier alpha value is -1.70. The molecule has 1 saturated carbocycles. The molecule has 22 heavy (non-hydrogen) atoms. The summed E-state index contributed by atoms with van der Waals surface area (Å²) < 4.78 is 1.07. The standard InChI is InChI=1S/C16H15IN2O3/c17-11-7-5-10(6-8-11)9-13-14(20)18-16(22)19(15(13)21)12-3-1-2-4-12/h5-9,12H,1-4H2,(H,18,20,22)/b13-9+. The molecular formula is C16H15IN2O3. The van der Waals surface area contributed by atoms with Gasteiger partial charge in [-0.25, -0.2) is 4.79 Å². The van der Waals surface area contributed by atoms with Gasteiger partial charge in [-0.1, -0.05) is 25.0 Å². The van der Waals surface area contributed by atoms with Crippen molar-refractivity contribution in [1.29, 1.82) is 0 Å². The number of nitrogens with zero attached hydrogens (tertiary/aromatic N) is 1. The molecule has 1 aliphatic carbocycles. The van der Waals surface area contributed by atoms with E-state index in [1.165, 1.54) is 4.90 Å². The van der Waals surface area contributed by atoms with Crippen LogP contribution in [0.2, 0.25) is 0 Å². The fraction of sp³-hybridized carbons (Fsp3) is 0.312. The number of carbonyl (C=O) groups is 3. The number of nitrogens with one attached hydrogen (secondary N) is 1. The van der Waals surface area contributed by atoms with Crippen molar-refractivity contribution in [1.82, 2.24) is 10.2 Å². The highest BCUT2D eigenvalue weighted by Crippen LogP contribution is 2.27. The van der Waals surface area contributed by atoms with E-state index in [2.05, 4.69) is 27.9 Å². The van der Waals surface area contributed by atoms with Crippen LogP contribution in [0.3, 0.4) is 0 Å². The van der Waals surface area contributed by atoms with E-state index in [-0.39, 0.29) is 11.6 Å². The molecule has 2 aliphatic rings. The Morgan fingerprint density at radius 1 is 1.09 bits per heavy atom. The molecule has 4 amide bonds. The van der Waals surface area contributed by atoms with Gasteiger partial charge < -0.3 is 0 Å². The number of rotatable bonds is 2. The molecule has 1 aromatic carbocycles. The average molecular weight is 410 g/mol. The Morgan fingerprint density at radius 2 is 1.73 bits per heavy atom. The molecular weight excluding hydrogens is 395 g/mol. The number of barbiturate groups is 1. The predicted molar refractivity (Wildman–Crippen MR) is 89.8 cm³/mol. The van der Waals surface area contributed by atoms with Gasteiger partial charge in [-0.15, -0.1) is 0 Å². The van der Waals surface area contributed by atoms with E-state index in [1.54, 1.807) is 6.08 Å². The lowest BCUT2D eigenvalue weighted by Gasteiger charge is -2.31. The molecule has 1 aliphatic heterocycles. The van der Waals surface area contributed by atoms with Gasteiger partial charge in [0.2, 0.25) is 0 Å². The van der Waals surface area contributed by atoms with Gasteiger partial charge >= 0.3 is 6.03 Å². The van der Waals surface area contributed by atoms with Crippen molar-refractivity contribution in [3.8, 4) is 0 Å². The third-order valence-corrected chi connectivity index (χ3v) is 4.72. The van der Waals surface area contributed by atoms with Crippen LogP contribution in [0, 0.1) is 3.57 Å². The van der Waals surface area contributed by atoms with E-state index in [1.807, 2.05) is 24.3 Å². The Bertz CT molecular complexity index is 660. The minimum Gasteiger partial charge on any atom is -0.273 e. The number of urea groups is 1. The number of hydrogen-bond acceptors (Lipinski definition) is 3. The van der Waals surface area contributed by atoms with Crippen LogP contribution >= 0.6 is 22.6 Å². The summed E-state index contributed by atoms with van der Waals surface area (Å²) in [5, 5.41) is 2.28. The first kappa shape index (κ1) is 15.2. The molecule has 1 N–H and O–H groups in total. The highest BCUT2D eigenvalue weighted by molar-refractivity contribution is 14.1. The SMILES string of the molecule is O=C1NC(=O)N(C2CCCC2)C(=O)/C1=C/c1ccc(I)cc1. The lowest BCUT2D eigenvalue weighted by molar-refractivity contribution is -0.131. The van der Waals surface area contributed by atoms with Crippen LogP contribution < -0.4 is 5.32 Å². The van der Waals surface area contributed by atoms with Gasteiger partial charge in [-0.3, -0.25) is 19.8 Å². The number of carbonyl (C=O) groups excluding carboxylic acids is 3. The van der Waals surface area contributed by atoms with Crippen molar-refractivity contribution in [3.05, 3.63) is 39.0 Å². The highest BCUT2D eigenvalue weighted by Gasteiger charge is 2.40. The van der Waals surface area contributed by atoms with Crippen LogP contribution in [0.1, 0.15) is 31.2 Å². The Balaban J connectivity index is 1.92. The zero-order chi connectivity index (χ0) is 15.7. The number of amides is 4. The molecule has 1 aromatic rings. The molecule has 0 aromatic heterocycles. The van der Waals surface area contributed by atoms with Gasteiger partial charge in [0.05, 0.1) is 0 Å². The number of benzene rings is 1. The van der Waals surface area contributed by atoms with E-state index >= 15 is 0 Å². The van der Waals surface area contributed by atoms with Crippen LogP contribution in [-0.4, -0.2) is 28.8 Å². The second kappa shape index (κ2) is 6.20. The van der Waals surface area contributed by atoms with Gasteiger partial charge in [0.1, 0.15) is 5.57 Å². The van der Waals surface area contributed by atoms with Gasteiger partial charge in [-0.05, 0) is 59.2 Å². The largest absolute Gasteiger partial charge is 0.331 e. The molecule has 5 nitrogen and oxygen atoms in total. The van der Waals surface area contributed by atoms with E-state index in [0.717, 1.165) is 34.8 Å². The van der Waals surface area contributed by atoms with Crippen molar-refractivity contribution in [3.63, 3.8) is 0 Å². The average Bonchev–Trinajstić information content (AvgIpc) is 2.99. The molecule has 6 heteroatoms. The second-order valence-electron chi connectivity index (χ2n) is 5.48. The topological polar surface area (TPSA) is 66.5 Å². The maximum absolute atomic E-state index is 12.6. The van der Waals surface area contributed by atoms with Crippen molar-refractivity contribution in [2.45, 2.75) is 31.7 Å². The van der Waals surface area contributed by atoms with E-state index < -0.39 is 17.8 Å². The smallest absolute Gasteiger partial charge is 0.273 e. The number of halogens is 1. The van der Waals surface area contributed by atoms with Crippen LogP contribution in [0.15, 0.2) is 29.8 Å². The maximum atomic E-state index is 12.6. The summed E-state index contributed by atoms with van der Waals surface area (Å²) in [4.78, 5) is 37.8. The Labute approximate surface area is 141 Å². The normalized spacial score (nSPS) is 21.6. The van der Waals surface area contributed by atoms with Crippen molar-refractivity contribution in [2.24, 2.45) is 0 Å². The summed E-state index contributed by atoms with van der Waals surface area (Å²) in [5.41, 5.74) is 0.785. The zero-order valence-corrected chi connectivity index (χ0v) is 14.0. The van der Waals surface area contributed by atoms with E-state index in [9.17, 15) is 14.4 Å². The molecule has 1 heterocycles. The molecule has 1 saturated heterocycles. The van der Waals surface area contributed by atoms with Crippen molar-refractivity contribution >= 4 is 46.5 Å². The molecule has 0 atom stereocenters. The summed E-state index contributed by atoms with van der Waals surface area (Å²) in [6.07, 6.45) is 5.17. The Morgan fingerprint density at radius 3 is 2.36 bits per heavy atom. The predicted octanol–water partition coefficient (Wildman–Crippen LogP) is 2.70. The summed E-state index contributed by atoms with van der Waals surface area (Å²) in [7, 11) is 0. The van der Waals surface area contributed by atoms with Gasteiger partial charge in [-0.2, -0.15) is 0 Å². The van der Waals surface area contributed by atoms with Gasteiger partial charge in [0.25, 0.3) is 11.8 Å². The maximum Gasteiger partial charge on any atom is 0.331 e. The first-order chi connectivity index (χ1) is 10.6. The number of hydrogen-bond donors (Lipinski definition) is 1. The quantitative estimate of drug-likeness (QED) is 0.463. The molecule has 0 spiro atoms. The van der Waals surface area contributed by atoms with Crippen LogP contribution in [-0.2, 0) is 9.59 Å². The lowest BCUT2D eigenvalue weighted by atomic mass is 10.1.